The Kier molecular flexibility index (Phi) is 4.96. The van der Waals surface area contributed by atoms with Gasteiger partial charge in [0, 0.05) is 22.4 Å². The Morgan fingerprint density at radius 3 is 2.68 bits per heavy atom. The molecule has 1 aliphatic heterocycles. The van der Waals surface area contributed by atoms with Gasteiger partial charge in [-0.05, 0) is 42.7 Å². The third kappa shape index (κ3) is 3.55. The summed E-state index contributed by atoms with van der Waals surface area (Å²) in [5.41, 5.74) is 5.77. The summed E-state index contributed by atoms with van der Waals surface area (Å²) in [7, 11) is -0.966. The van der Waals surface area contributed by atoms with E-state index in [0.717, 1.165) is 33.6 Å². The molecular weight excluding hydrogens is 370 g/mol. The Labute approximate surface area is 166 Å². The molecule has 2 heterocycles. The molecule has 142 valence electrons. The van der Waals surface area contributed by atoms with Crippen molar-refractivity contribution in [2.45, 2.75) is 25.4 Å². The number of carbonyl (C=O) groups excluding carboxylic acids is 1. The van der Waals surface area contributed by atoms with Crippen molar-refractivity contribution in [3.8, 4) is 5.69 Å². The summed E-state index contributed by atoms with van der Waals surface area (Å²) in [4.78, 5) is 12.6. The first-order chi connectivity index (χ1) is 13.5. The summed E-state index contributed by atoms with van der Waals surface area (Å²) >= 11 is 0. The Morgan fingerprint density at radius 1 is 1.11 bits per heavy atom. The first-order valence-corrected chi connectivity index (χ1v) is 10.6. The van der Waals surface area contributed by atoms with Crippen molar-refractivity contribution in [2.75, 3.05) is 5.32 Å². The van der Waals surface area contributed by atoms with Gasteiger partial charge in [-0.1, -0.05) is 42.5 Å². The maximum atomic E-state index is 12.6. The van der Waals surface area contributed by atoms with E-state index in [1.165, 1.54) is 6.08 Å². The maximum absolute atomic E-state index is 12.6. The number of aromatic nitrogens is 2. The van der Waals surface area contributed by atoms with Crippen LogP contribution >= 0.6 is 0 Å². The lowest BCUT2D eigenvalue weighted by Crippen LogP contribution is -2.14. The number of nitrogens with zero attached hydrogens (tertiary/aromatic N) is 2. The molecule has 1 aliphatic rings. The molecule has 1 amide bonds. The number of amides is 1. The monoisotopic (exact) mass is 391 g/mol. The highest BCUT2D eigenvalue weighted by Crippen LogP contribution is 2.32. The molecule has 1 N–H and O–H groups in total. The van der Waals surface area contributed by atoms with Gasteiger partial charge in [-0.25, -0.2) is 4.68 Å². The fourth-order valence-corrected chi connectivity index (χ4v) is 4.55. The predicted octanol–water partition coefficient (Wildman–Crippen LogP) is 3.90. The second-order valence-corrected chi connectivity index (χ2v) is 8.32. The van der Waals surface area contributed by atoms with Crippen LogP contribution in [0.2, 0.25) is 0 Å². The lowest BCUT2D eigenvalue weighted by Gasteiger charge is -2.13. The number of carbonyl (C=O) groups is 1. The number of hydrogen-bond acceptors (Lipinski definition) is 3. The summed E-state index contributed by atoms with van der Waals surface area (Å²) in [6.07, 6.45) is 3.28. The van der Waals surface area contributed by atoms with E-state index >= 15 is 0 Å². The van der Waals surface area contributed by atoms with E-state index in [-0.39, 0.29) is 5.91 Å². The van der Waals surface area contributed by atoms with Crippen molar-refractivity contribution in [2.24, 2.45) is 0 Å². The third-order valence-corrected chi connectivity index (χ3v) is 6.15. The van der Waals surface area contributed by atoms with Crippen LogP contribution in [-0.4, -0.2) is 19.9 Å². The number of fused-ring (bicyclic) bond motifs is 1. The Bertz CT molecular complexity index is 1100. The second kappa shape index (κ2) is 7.56. The molecule has 0 fully saturated rings. The quantitative estimate of drug-likeness (QED) is 0.686. The minimum absolute atomic E-state index is 0.240. The van der Waals surface area contributed by atoms with E-state index < -0.39 is 10.8 Å². The van der Waals surface area contributed by atoms with Crippen molar-refractivity contribution >= 4 is 28.6 Å². The number of anilines is 1. The highest BCUT2D eigenvalue weighted by molar-refractivity contribution is 7.83. The van der Waals surface area contributed by atoms with Crippen LogP contribution in [0.4, 0.5) is 5.82 Å². The van der Waals surface area contributed by atoms with Gasteiger partial charge in [0.2, 0.25) is 5.91 Å². The Hall–Kier alpha value is -2.99. The molecule has 2 aromatic carbocycles. The highest BCUT2D eigenvalue weighted by atomic mass is 32.2. The van der Waals surface area contributed by atoms with E-state index in [4.69, 9.17) is 0 Å². The topological polar surface area (TPSA) is 64.0 Å². The van der Waals surface area contributed by atoms with Crippen LogP contribution in [0.5, 0.6) is 0 Å². The average molecular weight is 391 g/mol. The summed E-state index contributed by atoms with van der Waals surface area (Å²) in [5.74, 6) is 1.21. The molecule has 0 aliphatic carbocycles. The second-order valence-electron chi connectivity index (χ2n) is 6.87. The first-order valence-electron chi connectivity index (χ1n) is 9.09. The largest absolute Gasteiger partial charge is 0.307 e. The SMILES string of the molecule is Cc1cccc(-n2nc3c(c2NC(=O)C=Cc2ccccc2)C[S@@](=O)C3)c1C. The van der Waals surface area contributed by atoms with E-state index in [1.807, 2.05) is 62.4 Å². The molecule has 0 radical (unpaired) electrons. The molecule has 1 aromatic heterocycles. The molecule has 1 atom stereocenters. The zero-order chi connectivity index (χ0) is 19.7. The number of hydrogen-bond donors (Lipinski definition) is 1. The molecule has 3 aromatic rings. The summed E-state index contributed by atoms with van der Waals surface area (Å²) < 4.78 is 13.8. The molecule has 0 saturated heterocycles. The first kappa shape index (κ1) is 18.4. The van der Waals surface area contributed by atoms with Gasteiger partial charge in [-0.2, -0.15) is 5.10 Å². The van der Waals surface area contributed by atoms with Crippen molar-refractivity contribution in [3.05, 3.63) is 82.6 Å². The minimum Gasteiger partial charge on any atom is -0.307 e. The number of rotatable bonds is 4. The molecule has 5 nitrogen and oxygen atoms in total. The van der Waals surface area contributed by atoms with Crippen molar-refractivity contribution in [1.82, 2.24) is 9.78 Å². The number of aryl methyl sites for hydroxylation is 1. The molecular formula is C22H21N3O2S. The number of benzene rings is 2. The normalized spacial score (nSPS) is 15.7. The van der Waals surface area contributed by atoms with Crippen molar-refractivity contribution in [3.63, 3.8) is 0 Å². The zero-order valence-electron chi connectivity index (χ0n) is 15.8. The maximum Gasteiger partial charge on any atom is 0.249 e. The van der Waals surface area contributed by atoms with Gasteiger partial charge >= 0.3 is 0 Å². The highest BCUT2D eigenvalue weighted by Gasteiger charge is 2.28. The van der Waals surface area contributed by atoms with E-state index in [1.54, 1.807) is 10.8 Å². The summed E-state index contributed by atoms with van der Waals surface area (Å²) in [5, 5.41) is 7.64. The van der Waals surface area contributed by atoms with Gasteiger partial charge in [0.05, 0.1) is 22.9 Å². The van der Waals surface area contributed by atoms with E-state index in [2.05, 4.69) is 10.4 Å². The van der Waals surface area contributed by atoms with E-state index in [9.17, 15) is 9.00 Å². The molecule has 6 heteroatoms. The third-order valence-electron chi connectivity index (χ3n) is 4.94. The molecule has 0 spiro atoms. The van der Waals surface area contributed by atoms with Crippen LogP contribution in [0, 0.1) is 13.8 Å². The van der Waals surface area contributed by atoms with Crippen LogP contribution in [0.25, 0.3) is 11.8 Å². The van der Waals surface area contributed by atoms with Crippen LogP contribution in [-0.2, 0) is 27.1 Å². The van der Waals surface area contributed by atoms with Crippen LogP contribution in [0.15, 0.2) is 54.6 Å². The van der Waals surface area contributed by atoms with Crippen molar-refractivity contribution in [1.29, 1.82) is 0 Å². The molecule has 0 saturated carbocycles. The van der Waals surface area contributed by atoms with Crippen LogP contribution < -0.4 is 5.32 Å². The van der Waals surface area contributed by atoms with Gasteiger partial charge in [-0.15, -0.1) is 0 Å². The molecule has 0 bridgehead atoms. The standard InChI is InChI=1S/C22H21N3O2S/c1-15-7-6-10-20(16(15)2)25-22(18-13-28(27)14-19(18)24-25)23-21(26)12-11-17-8-4-3-5-9-17/h3-12H,13-14H2,1-2H3,(H,23,26)/t28-/m1/s1. The smallest absolute Gasteiger partial charge is 0.249 e. The Morgan fingerprint density at radius 2 is 1.89 bits per heavy atom. The minimum atomic E-state index is -0.966. The van der Waals surface area contributed by atoms with Crippen LogP contribution in [0.1, 0.15) is 27.9 Å². The van der Waals surface area contributed by atoms with Crippen molar-refractivity contribution < 1.29 is 9.00 Å². The van der Waals surface area contributed by atoms with Gasteiger partial charge in [0.1, 0.15) is 5.82 Å². The summed E-state index contributed by atoms with van der Waals surface area (Å²) in [6.45, 7) is 4.09. The fraction of sp³-hybridized carbons (Fsp3) is 0.182. The Balaban J connectivity index is 1.69. The molecule has 28 heavy (non-hydrogen) atoms. The van der Waals surface area contributed by atoms with Crippen LogP contribution in [0.3, 0.4) is 0 Å². The average Bonchev–Trinajstić information content (AvgIpc) is 3.20. The zero-order valence-corrected chi connectivity index (χ0v) is 16.6. The number of nitrogens with one attached hydrogen (secondary N) is 1. The fourth-order valence-electron chi connectivity index (χ4n) is 3.29. The van der Waals surface area contributed by atoms with Gasteiger partial charge in [-0.3, -0.25) is 9.00 Å². The summed E-state index contributed by atoms with van der Waals surface area (Å²) in [6, 6.07) is 15.7. The lowest BCUT2D eigenvalue weighted by atomic mass is 10.1. The molecule has 4 rings (SSSR count). The molecule has 0 unspecified atom stereocenters. The lowest BCUT2D eigenvalue weighted by molar-refractivity contribution is -0.111. The van der Waals surface area contributed by atoms with Gasteiger partial charge in [0.25, 0.3) is 0 Å². The van der Waals surface area contributed by atoms with Gasteiger partial charge < -0.3 is 5.32 Å². The van der Waals surface area contributed by atoms with E-state index in [0.29, 0.717) is 17.3 Å². The van der Waals surface area contributed by atoms with Gasteiger partial charge in [0.15, 0.2) is 0 Å². The predicted molar refractivity (Wildman–Crippen MR) is 113 cm³/mol.